The zero-order valence-corrected chi connectivity index (χ0v) is 9.80. The lowest BCUT2D eigenvalue weighted by molar-refractivity contribution is 0.0930. The smallest absolute Gasteiger partial charge is 0.270 e. The molecule has 0 radical (unpaired) electrons. The van der Waals surface area contributed by atoms with Gasteiger partial charge in [-0.05, 0) is 6.92 Å². The van der Waals surface area contributed by atoms with Gasteiger partial charge in [0.2, 0.25) is 0 Å². The molecule has 0 saturated heterocycles. The third-order valence-electron chi connectivity index (χ3n) is 2.41. The van der Waals surface area contributed by atoms with Crippen LogP contribution in [0, 0.1) is 6.92 Å². The lowest BCUT2D eigenvalue weighted by Gasteiger charge is -2.04. The number of carbonyl (C=O) groups excluding carboxylic acids is 1. The van der Waals surface area contributed by atoms with Crippen LogP contribution in [0.4, 0.5) is 0 Å². The SMILES string of the molecule is COCCNC(=O)c1c(C)nc2cnccn12. The Labute approximate surface area is 98.6 Å². The summed E-state index contributed by atoms with van der Waals surface area (Å²) < 4.78 is 6.61. The number of hydrogen-bond acceptors (Lipinski definition) is 4. The Morgan fingerprint density at radius 1 is 1.59 bits per heavy atom. The molecule has 2 rings (SSSR count). The van der Waals surface area contributed by atoms with Crippen molar-refractivity contribution in [3.05, 3.63) is 30.0 Å². The van der Waals surface area contributed by atoms with Crippen molar-refractivity contribution in [2.45, 2.75) is 6.92 Å². The van der Waals surface area contributed by atoms with Crippen LogP contribution < -0.4 is 5.32 Å². The number of nitrogens with one attached hydrogen (secondary N) is 1. The summed E-state index contributed by atoms with van der Waals surface area (Å²) in [5.41, 5.74) is 1.90. The van der Waals surface area contributed by atoms with Gasteiger partial charge < -0.3 is 10.1 Å². The number of nitrogens with zero attached hydrogens (tertiary/aromatic N) is 3. The van der Waals surface area contributed by atoms with Crippen LogP contribution in [0.5, 0.6) is 0 Å². The lowest BCUT2D eigenvalue weighted by Crippen LogP contribution is -2.28. The first-order chi connectivity index (χ1) is 8.24. The Bertz CT molecular complexity index is 535. The normalized spacial score (nSPS) is 10.7. The second-order valence-electron chi connectivity index (χ2n) is 3.60. The summed E-state index contributed by atoms with van der Waals surface area (Å²) in [7, 11) is 1.59. The molecule has 0 atom stereocenters. The summed E-state index contributed by atoms with van der Waals surface area (Å²) >= 11 is 0. The second-order valence-corrected chi connectivity index (χ2v) is 3.60. The van der Waals surface area contributed by atoms with Crippen LogP contribution in [0.1, 0.15) is 16.2 Å². The highest BCUT2D eigenvalue weighted by molar-refractivity contribution is 5.94. The molecule has 1 N–H and O–H groups in total. The largest absolute Gasteiger partial charge is 0.383 e. The van der Waals surface area contributed by atoms with E-state index in [4.69, 9.17) is 4.74 Å². The van der Waals surface area contributed by atoms with Crippen molar-refractivity contribution in [3.8, 4) is 0 Å². The molecule has 0 aliphatic carbocycles. The van der Waals surface area contributed by atoms with Gasteiger partial charge in [0, 0.05) is 26.0 Å². The van der Waals surface area contributed by atoms with E-state index in [1.807, 2.05) is 0 Å². The van der Waals surface area contributed by atoms with Gasteiger partial charge in [-0.25, -0.2) is 4.98 Å². The quantitative estimate of drug-likeness (QED) is 0.778. The average molecular weight is 234 g/mol. The molecule has 2 heterocycles. The maximum Gasteiger partial charge on any atom is 0.270 e. The maximum absolute atomic E-state index is 12.0. The van der Waals surface area contributed by atoms with Crippen molar-refractivity contribution in [2.24, 2.45) is 0 Å². The Morgan fingerprint density at radius 2 is 2.41 bits per heavy atom. The third-order valence-corrected chi connectivity index (χ3v) is 2.41. The van der Waals surface area contributed by atoms with E-state index in [1.165, 1.54) is 0 Å². The molecule has 0 aliphatic heterocycles. The summed E-state index contributed by atoms with van der Waals surface area (Å²) in [6.07, 6.45) is 4.97. The van der Waals surface area contributed by atoms with Gasteiger partial charge in [0.1, 0.15) is 5.69 Å². The molecule has 2 aromatic heterocycles. The van der Waals surface area contributed by atoms with E-state index in [9.17, 15) is 4.79 Å². The molecular weight excluding hydrogens is 220 g/mol. The molecule has 90 valence electrons. The van der Waals surface area contributed by atoms with Crippen molar-refractivity contribution in [2.75, 3.05) is 20.3 Å². The van der Waals surface area contributed by atoms with Crippen molar-refractivity contribution in [3.63, 3.8) is 0 Å². The highest BCUT2D eigenvalue weighted by Gasteiger charge is 2.15. The number of amides is 1. The van der Waals surface area contributed by atoms with Gasteiger partial charge in [0.25, 0.3) is 5.91 Å². The number of methoxy groups -OCH3 is 1. The molecule has 0 aromatic carbocycles. The summed E-state index contributed by atoms with van der Waals surface area (Å²) in [5.74, 6) is -0.154. The van der Waals surface area contributed by atoms with E-state index >= 15 is 0 Å². The second kappa shape index (κ2) is 4.92. The van der Waals surface area contributed by atoms with Crippen molar-refractivity contribution < 1.29 is 9.53 Å². The molecule has 0 aliphatic rings. The van der Waals surface area contributed by atoms with Gasteiger partial charge in [-0.2, -0.15) is 0 Å². The van der Waals surface area contributed by atoms with Crippen LogP contribution in [-0.2, 0) is 4.74 Å². The number of aromatic nitrogens is 3. The Kier molecular flexibility index (Phi) is 3.34. The Balaban J connectivity index is 2.28. The van der Waals surface area contributed by atoms with Crippen LogP contribution in [0.2, 0.25) is 0 Å². The standard InChI is InChI=1S/C11H14N4O2/c1-8-10(11(16)13-4-6-17-2)15-5-3-12-7-9(15)14-8/h3,5,7H,4,6H2,1-2H3,(H,13,16). The van der Waals surface area contributed by atoms with Crippen molar-refractivity contribution in [1.29, 1.82) is 0 Å². The van der Waals surface area contributed by atoms with Crippen LogP contribution in [0.25, 0.3) is 5.65 Å². The van der Waals surface area contributed by atoms with Gasteiger partial charge in [-0.3, -0.25) is 14.2 Å². The van der Waals surface area contributed by atoms with E-state index in [1.54, 1.807) is 37.0 Å². The van der Waals surface area contributed by atoms with E-state index in [-0.39, 0.29) is 5.91 Å². The molecule has 0 fully saturated rings. The minimum Gasteiger partial charge on any atom is -0.383 e. The minimum atomic E-state index is -0.154. The van der Waals surface area contributed by atoms with Crippen LogP contribution in [0.3, 0.4) is 0 Å². The summed E-state index contributed by atoms with van der Waals surface area (Å²) in [6, 6.07) is 0. The molecule has 0 saturated carbocycles. The van der Waals surface area contributed by atoms with Crippen LogP contribution in [0.15, 0.2) is 18.6 Å². The maximum atomic E-state index is 12.0. The molecular formula is C11H14N4O2. The van der Waals surface area contributed by atoms with E-state index in [2.05, 4.69) is 15.3 Å². The summed E-state index contributed by atoms with van der Waals surface area (Å²) in [6.45, 7) is 2.77. The number of ether oxygens (including phenoxy) is 1. The first-order valence-electron chi connectivity index (χ1n) is 5.30. The Hall–Kier alpha value is -1.95. The zero-order valence-electron chi connectivity index (χ0n) is 9.80. The molecule has 6 heteroatoms. The van der Waals surface area contributed by atoms with Gasteiger partial charge in [-0.15, -0.1) is 0 Å². The molecule has 6 nitrogen and oxygen atoms in total. The topological polar surface area (TPSA) is 68.5 Å². The first-order valence-corrected chi connectivity index (χ1v) is 5.30. The zero-order chi connectivity index (χ0) is 12.3. The predicted octanol–water partition coefficient (Wildman–Crippen LogP) is 0.414. The number of fused-ring (bicyclic) bond motifs is 1. The molecule has 0 spiro atoms. The fraction of sp³-hybridized carbons (Fsp3) is 0.364. The molecule has 17 heavy (non-hydrogen) atoms. The van der Waals surface area contributed by atoms with E-state index < -0.39 is 0 Å². The molecule has 0 bridgehead atoms. The van der Waals surface area contributed by atoms with Gasteiger partial charge in [-0.1, -0.05) is 0 Å². The van der Waals surface area contributed by atoms with E-state index in [0.717, 1.165) is 0 Å². The fourth-order valence-corrected chi connectivity index (χ4v) is 1.65. The molecule has 1 amide bonds. The van der Waals surface area contributed by atoms with Gasteiger partial charge in [0.05, 0.1) is 18.5 Å². The predicted molar refractivity (Wildman–Crippen MR) is 61.9 cm³/mol. The Morgan fingerprint density at radius 3 is 3.18 bits per heavy atom. The lowest BCUT2D eigenvalue weighted by atomic mass is 10.3. The number of aryl methyl sites for hydroxylation is 1. The molecule has 2 aromatic rings. The average Bonchev–Trinajstić information content (AvgIpc) is 2.65. The monoisotopic (exact) mass is 234 g/mol. The first kappa shape index (κ1) is 11.5. The fourth-order valence-electron chi connectivity index (χ4n) is 1.65. The number of hydrogen-bond donors (Lipinski definition) is 1. The highest BCUT2D eigenvalue weighted by atomic mass is 16.5. The molecule has 0 unspecified atom stereocenters. The third kappa shape index (κ3) is 2.26. The number of carbonyl (C=O) groups is 1. The van der Waals surface area contributed by atoms with Gasteiger partial charge in [0.15, 0.2) is 5.65 Å². The van der Waals surface area contributed by atoms with E-state index in [0.29, 0.717) is 30.2 Å². The van der Waals surface area contributed by atoms with Crippen LogP contribution >= 0.6 is 0 Å². The van der Waals surface area contributed by atoms with Crippen molar-refractivity contribution >= 4 is 11.6 Å². The summed E-state index contributed by atoms with van der Waals surface area (Å²) in [5, 5.41) is 2.77. The minimum absolute atomic E-state index is 0.154. The highest BCUT2D eigenvalue weighted by Crippen LogP contribution is 2.10. The number of imidazole rings is 1. The van der Waals surface area contributed by atoms with Crippen LogP contribution in [-0.4, -0.2) is 40.5 Å². The van der Waals surface area contributed by atoms with Gasteiger partial charge >= 0.3 is 0 Å². The summed E-state index contributed by atoms with van der Waals surface area (Å²) in [4.78, 5) is 20.2. The van der Waals surface area contributed by atoms with Crippen molar-refractivity contribution in [1.82, 2.24) is 19.7 Å². The number of rotatable bonds is 4.